The number of alkyl halides is 3. The smallest absolute Gasteiger partial charge is 0.348 e. The first-order valence-corrected chi connectivity index (χ1v) is 8.04. The summed E-state index contributed by atoms with van der Waals surface area (Å²) in [4.78, 5) is 8.18. The predicted molar refractivity (Wildman–Crippen MR) is 92.4 cm³/mol. The topological polar surface area (TPSA) is 78.5 Å². The normalized spacial score (nSPS) is 12.7. The monoisotopic (exact) mass is 400 g/mol. The highest BCUT2D eigenvalue weighted by molar-refractivity contribution is 6.32. The van der Waals surface area contributed by atoms with Crippen molar-refractivity contribution < 1.29 is 17.6 Å². The van der Waals surface area contributed by atoms with Crippen LogP contribution in [0.2, 0.25) is 5.02 Å². The average molecular weight is 401 g/mol. The van der Waals surface area contributed by atoms with E-state index in [0.29, 0.717) is 0 Å². The molecule has 0 aliphatic rings. The number of H-pyrrole nitrogens is 1. The minimum absolute atomic E-state index is 0.0840. The third kappa shape index (κ3) is 4.64. The summed E-state index contributed by atoms with van der Waals surface area (Å²) in [6, 6.07) is 6.45. The van der Waals surface area contributed by atoms with Crippen molar-refractivity contribution in [3.8, 4) is 0 Å². The van der Waals surface area contributed by atoms with Gasteiger partial charge in [0, 0.05) is 6.07 Å². The van der Waals surface area contributed by atoms with Crippen LogP contribution in [0.4, 0.5) is 35.1 Å². The number of hydrogen-bond acceptors (Lipinski definition) is 5. The molecule has 0 fully saturated rings. The van der Waals surface area contributed by atoms with Gasteiger partial charge in [-0.15, -0.1) is 0 Å². The number of nitrogens with one attached hydrogen (secondary N) is 3. The fraction of sp³-hybridized carbons (Fsp3) is 0.188. The van der Waals surface area contributed by atoms with Crippen LogP contribution in [0.15, 0.2) is 36.5 Å². The van der Waals surface area contributed by atoms with Gasteiger partial charge in [-0.05, 0) is 24.6 Å². The van der Waals surface area contributed by atoms with E-state index in [4.69, 9.17) is 11.6 Å². The number of hydrogen-bond donors (Lipinski definition) is 3. The van der Waals surface area contributed by atoms with Crippen LogP contribution in [0.1, 0.15) is 24.2 Å². The van der Waals surface area contributed by atoms with Gasteiger partial charge in [0.15, 0.2) is 11.6 Å². The molecule has 0 bridgehead atoms. The van der Waals surface area contributed by atoms with Gasteiger partial charge in [0.25, 0.3) is 0 Å². The second kappa shape index (κ2) is 7.39. The molecule has 0 amide bonds. The van der Waals surface area contributed by atoms with E-state index in [9.17, 15) is 17.6 Å². The van der Waals surface area contributed by atoms with Crippen molar-refractivity contribution in [2.75, 3.05) is 10.6 Å². The van der Waals surface area contributed by atoms with Crippen molar-refractivity contribution >= 4 is 29.2 Å². The summed E-state index contributed by atoms with van der Waals surface area (Å²) in [6.45, 7) is 1.82. The average Bonchev–Trinajstić information content (AvgIpc) is 3.07. The Morgan fingerprint density at radius 2 is 1.89 bits per heavy atom. The predicted octanol–water partition coefficient (Wildman–Crippen LogP) is 4.93. The van der Waals surface area contributed by atoms with E-state index in [1.54, 1.807) is 12.1 Å². The Kier molecular flexibility index (Phi) is 5.17. The molecule has 6 nitrogen and oxygen atoms in total. The summed E-state index contributed by atoms with van der Waals surface area (Å²) in [6.07, 6.45) is -3.24. The minimum Gasteiger partial charge on any atom is -0.348 e. The molecule has 0 spiro atoms. The summed E-state index contributed by atoms with van der Waals surface area (Å²) in [5, 5.41) is 11.1. The van der Waals surface area contributed by atoms with Crippen LogP contribution in [0.25, 0.3) is 0 Å². The molecule has 142 valence electrons. The van der Waals surface area contributed by atoms with Crippen LogP contribution in [0.5, 0.6) is 0 Å². The Morgan fingerprint density at radius 3 is 2.52 bits per heavy atom. The highest BCUT2D eigenvalue weighted by Gasteiger charge is 2.33. The van der Waals surface area contributed by atoms with E-state index < -0.39 is 11.9 Å². The molecule has 27 heavy (non-hydrogen) atoms. The summed E-state index contributed by atoms with van der Waals surface area (Å²) >= 11 is 6.00. The van der Waals surface area contributed by atoms with Crippen molar-refractivity contribution in [2.45, 2.75) is 19.1 Å². The van der Waals surface area contributed by atoms with Crippen molar-refractivity contribution in [2.24, 2.45) is 0 Å². The van der Waals surface area contributed by atoms with Crippen LogP contribution in [-0.4, -0.2) is 20.2 Å². The molecule has 0 saturated heterocycles. The molecule has 1 aromatic carbocycles. The third-order valence-electron chi connectivity index (χ3n) is 3.59. The molecule has 1 atom stereocenters. The van der Waals surface area contributed by atoms with Gasteiger partial charge < -0.3 is 10.6 Å². The van der Waals surface area contributed by atoms with Crippen molar-refractivity contribution in [3.05, 3.63) is 58.6 Å². The Morgan fingerprint density at radius 1 is 1.19 bits per heavy atom. The number of aromatic nitrogens is 4. The molecule has 3 aromatic rings. The summed E-state index contributed by atoms with van der Waals surface area (Å²) in [5.41, 5.74) is -0.204. The van der Waals surface area contributed by atoms with E-state index in [-0.39, 0.29) is 34.5 Å². The van der Waals surface area contributed by atoms with Crippen molar-refractivity contribution in [1.82, 2.24) is 20.2 Å². The van der Waals surface area contributed by atoms with E-state index in [1.165, 1.54) is 18.3 Å². The lowest BCUT2D eigenvalue weighted by Gasteiger charge is -2.15. The van der Waals surface area contributed by atoms with Gasteiger partial charge in [0.1, 0.15) is 16.5 Å². The highest BCUT2D eigenvalue weighted by atomic mass is 35.5. The SMILES string of the molecule is C[C@H](Nc1ncc(Cl)c(Nc2cc(C(F)(F)F)[nH]n2)n1)c1ccc(F)cc1. The van der Waals surface area contributed by atoms with Crippen LogP contribution in [0, 0.1) is 5.82 Å². The third-order valence-corrected chi connectivity index (χ3v) is 3.87. The minimum atomic E-state index is -4.54. The first-order chi connectivity index (χ1) is 12.7. The van der Waals surface area contributed by atoms with Gasteiger partial charge in [0.2, 0.25) is 5.95 Å². The molecule has 0 aliphatic heterocycles. The summed E-state index contributed by atoms with van der Waals surface area (Å²) in [7, 11) is 0. The van der Waals surface area contributed by atoms with Gasteiger partial charge in [0.05, 0.1) is 12.2 Å². The van der Waals surface area contributed by atoms with Crippen molar-refractivity contribution in [3.63, 3.8) is 0 Å². The quantitative estimate of drug-likeness (QED) is 0.529. The molecule has 11 heteroatoms. The molecule has 2 heterocycles. The van der Waals surface area contributed by atoms with Crippen molar-refractivity contribution in [1.29, 1.82) is 0 Å². The van der Waals surface area contributed by atoms with Gasteiger partial charge in [-0.3, -0.25) is 5.10 Å². The maximum atomic E-state index is 13.0. The van der Waals surface area contributed by atoms with E-state index >= 15 is 0 Å². The lowest BCUT2D eigenvalue weighted by molar-refractivity contribution is -0.141. The number of aromatic amines is 1. The molecule has 2 aromatic heterocycles. The van der Waals surface area contributed by atoms with Crippen LogP contribution >= 0.6 is 11.6 Å². The largest absolute Gasteiger partial charge is 0.432 e. The van der Waals surface area contributed by atoms with E-state index in [2.05, 4.69) is 25.7 Å². The first kappa shape index (κ1) is 18.9. The molecule has 0 aliphatic carbocycles. The zero-order chi connectivity index (χ0) is 19.6. The van der Waals surface area contributed by atoms with Gasteiger partial charge >= 0.3 is 6.18 Å². The molecule has 0 saturated carbocycles. The maximum absolute atomic E-state index is 13.0. The second-order valence-corrected chi connectivity index (χ2v) is 6.00. The molecular formula is C16H13ClF4N6. The number of halogens is 5. The Bertz CT molecular complexity index is 925. The summed E-state index contributed by atoms with van der Waals surface area (Å²) < 4.78 is 50.9. The molecule has 0 radical (unpaired) electrons. The number of anilines is 3. The van der Waals surface area contributed by atoms with Gasteiger partial charge in [-0.25, -0.2) is 9.37 Å². The Balaban J connectivity index is 1.76. The first-order valence-electron chi connectivity index (χ1n) is 7.66. The summed E-state index contributed by atoms with van der Waals surface area (Å²) in [5.74, 6) is -0.177. The van der Waals surface area contributed by atoms with Gasteiger partial charge in [-0.2, -0.15) is 23.3 Å². The molecule has 0 unspecified atom stereocenters. The lowest BCUT2D eigenvalue weighted by atomic mass is 10.1. The highest BCUT2D eigenvalue weighted by Crippen LogP contribution is 2.30. The Hall–Kier alpha value is -2.88. The molecular weight excluding hydrogens is 388 g/mol. The standard InChI is InChI=1S/C16H13ClF4N6/c1-8(9-2-4-10(18)5-3-9)23-15-22-7-11(17)14(25-15)24-13-6-12(26-27-13)16(19,20)21/h2-8H,1H3,(H3,22,23,24,25,26,27)/t8-/m0/s1. The van der Waals surface area contributed by atoms with E-state index in [0.717, 1.165) is 11.6 Å². The fourth-order valence-electron chi connectivity index (χ4n) is 2.21. The second-order valence-electron chi connectivity index (χ2n) is 5.60. The van der Waals surface area contributed by atoms with E-state index in [1.807, 2.05) is 12.0 Å². The number of benzene rings is 1. The van der Waals surface area contributed by atoms with Crippen LogP contribution in [0.3, 0.4) is 0 Å². The maximum Gasteiger partial charge on any atom is 0.432 e. The number of rotatable bonds is 5. The lowest BCUT2D eigenvalue weighted by Crippen LogP contribution is -2.10. The number of nitrogens with zero attached hydrogens (tertiary/aromatic N) is 3. The van der Waals surface area contributed by atoms with Gasteiger partial charge in [-0.1, -0.05) is 23.7 Å². The Labute approximate surface area is 156 Å². The van der Waals surface area contributed by atoms with Crippen LogP contribution in [-0.2, 0) is 6.18 Å². The zero-order valence-corrected chi connectivity index (χ0v) is 14.5. The zero-order valence-electron chi connectivity index (χ0n) is 13.8. The molecule has 3 N–H and O–H groups in total. The molecule has 3 rings (SSSR count). The van der Waals surface area contributed by atoms with Crippen LogP contribution < -0.4 is 10.6 Å². The fourth-order valence-corrected chi connectivity index (χ4v) is 2.34.